The van der Waals surface area contributed by atoms with Gasteiger partial charge in [0, 0.05) is 24.0 Å². The smallest absolute Gasteiger partial charge is 0.422 e. The van der Waals surface area contributed by atoms with Crippen LogP contribution in [0.25, 0.3) is 10.2 Å². The van der Waals surface area contributed by atoms with E-state index in [9.17, 15) is 14.4 Å². The van der Waals surface area contributed by atoms with Crippen LogP contribution in [-0.2, 0) is 17.8 Å². The maximum atomic E-state index is 13.1. The van der Waals surface area contributed by atoms with E-state index >= 15 is 0 Å². The second kappa shape index (κ2) is 8.31. The van der Waals surface area contributed by atoms with E-state index in [0.29, 0.717) is 18.5 Å². The number of nitrogens with one attached hydrogen (secondary N) is 2. The van der Waals surface area contributed by atoms with Crippen molar-refractivity contribution in [3.8, 4) is 0 Å². The third-order valence-corrected chi connectivity index (χ3v) is 6.14. The Hall–Kier alpha value is -2.13. The minimum Gasteiger partial charge on any atom is -0.443 e. The highest BCUT2D eigenvalue weighted by molar-refractivity contribution is 7.18. The standard InChI is InChI=1S/C20H30N4O4S/c1-6-7-10-23-17-15(16(25)24(19(23)27)13-8-9-13)12(2)14(29-17)11-21-22-18(26)28-20(3,4)5/h13,21H,6-11H2,1-5H3,(H,22,26). The van der Waals surface area contributed by atoms with Crippen LogP contribution in [0, 0.1) is 6.92 Å². The van der Waals surface area contributed by atoms with Crippen molar-refractivity contribution in [2.24, 2.45) is 0 Å². The van der Waals surface area contributed by atoms with Crippen molar-refractivity contribution in [2.45, 2.75) is 85.0 Å². The van der Waals surface area contributed by atoms with Crippen LogP contribution >= 0.6 is 11.3 Å². The lowest BCUT2D eigenvalue weighted by molar-refractivity contribution is 0.0497. The van der Waals surface area contributed by atoms with E-state index in [-0.39, 0.29) is 17.3 Å². The van der Waals surface area contributed by atoms with Crippen molar-refractivity contribution < 1.29 is 9.53 Å². The zero-order valence-corrected chi connectivity index (χ0v) is 18.6. The first kappa shape index (κ1) is 21.6. The predicted octanol–water partition coefficient (Wildman–Crippen LogP) is 3.20. The second-order valence-electron chi connectivity index (χ2n) is 8.50. The number of aryl methyl sites for hydroxylation is 2. The molecule has 2 heterocycles. The normalized spacial score (nSPS) is 14.4. The van der Waals surface area contributed by atoms with Crippen molar-refractivity contribution in [3.05, 3.63) is 31.3 Å². The molecule has 0 bridgehead atoms. The fourth-order valence-corrected chi connectivity index (χ4v) is 4.50. The molecular weight excluding hydrogens is 392 g/mol. The minimum absolute atomic E-state index is 0.0296. The first-order valence-electron chi connectivity index (χ1n) is 10.1. The van der Waals surface area contributed by atoms with Crippen LogP contribution in [0.2, 0.25) is 0 Å². The lowest BCUT2D eigenvalue weighted by Crippen LogP contribution is -2.40. The first-order valence-corrected chi connectivity index (χ1v) is 10.9. The molecule has 29 heavy (non-hydrogen) atoms. The summed E-state index contributed by atoms with van der Waals surface area (Å²) in [7, 11) is 0. The molecule has 2 aromatic heterocycles. The highest BCUT2D eigenvalue weighted by atomic mass is 32.1. The van der Waals surface area contributed by atoms with Crippen molar-refractivity contribution in [1.29, 1.82) is 0 Å². The van der Waals surface area contributed by atoms with Crippen LogP contribution < -0.4 is 22.1 Å². The van der Waals surface area contributed by atoms with E-state index in [1.165, 1.54) is 15.9 Å². The molecule has 1 fully saturated rings. The van der Waals surface area contributed by atoms with E-state index in [1.807, 2.05) is 6.92 Å². The molecule has 3 rings (SSSR count). The van der Waals surface area contributed by atoms with Crippen LogP contribution in [0.1, 0.15) is 69.9 Å². The molecule has 8 nitrogen and oxygen atoms in total. The molecule has 0 atom stereocenters. The van der Waals surface area contributed by atoms with Crippen LogP contribution in [0.5, 0.6) is 0 Å². The van der Waals surface area contributed by atoms with Gasteiger partial charge in [-0.25, -0.2) is 15.0 Å². The van der Waals surface area contributed by atoms with E-state index in [2.05, 4.69) is 17.8 Å². The van der Waals surface area contributed by atoms with Crippen LogP contribution in [-0.4, -0.2) is 20.8 Å². The molecule has 0 aliphatic heterocycles. The fourth-order valence-electron chi connectivity index (χ4n) is 3.25. The number of amides is 1. The topological polar surface area (TPSA) is 94.4 Å². The van der Waals surface area contributed by atoms with E-state index in [1.54, 1.807) is 25.3 Å². The largest absolute Gasteiger partial charge is 0.443 e. The van der Waals surface area contributed by atoms with Crippen molar-refractivity contribution in [3.63, 3.8) is 0 Å². The zero-order valence-electron chi connectivity index (χ0n) is 17.8. The SMILES string of the molecule is CCCCn1c(=O)n(C2CC2)c(=O)c2c(C)c(CNNC(=O)OC(C)(C)C)sc21. The number of rotatable bonds is 7. The number of hydrogen-bond acceptors (Lipinski definition) is 6. The number of ether oxygens (including phenoxy) is 1. The molecule has 1 amide bonds. The van der Waals surface area contributed by atoms with Gasteiger partial charge in [-0.3, -0.25) is 19.4 Å². The summed E-state index contributed by atoms with van der Waals surface area (Å²) in [5, 5.41) is 0.617. The summed E-state index contributed by atoms with van der Waals surface area (Å²) < 4.78 is 8.39. The summed E-state index contributed by atoms with van der Waals surface area (Å²) in [6, 6.07) is 0.0296. The maximum absolute atomic E-state index is 13.1. The third kappa shape index (κ3) is 4.72. The number of fused-ring (bicyclic) bond motifs is 1. The van der Waals surface area contributed by atoms with Gasteiger partial charge in [0.05, 0.1) is 5.39 Å². The molecule has 1 saturated carbocycles. The van der Waals surface area contributed by atoms with Crippen molar-refractivity contribution in [1.82, 2.24) is 20.0 Å². The molecule has 0 saturated heterocycles. The Balaban J connectivity index is 1.91. The Morgan fingerprint density at radius 2 is 1.97 bits per heavy atom. The quantitative estimate of drug-likeness (QED) is 0.668. The molecule has 0 aromatic carbocycles. The number of thiophene rings is 1. The molecule has 160 valence electrons. The number of unbranched alkanes of at least 4 members (excludes halogenated alkanes) is 1. The lowest BCUT2D eigenvalue weighted by Gasteiger charge is -2.19. The fraction of sp³-hybridized carbons (Fsp3) is 0.650. The van der Waals surface area contributed by atoms with Crippen molar-refractivity contribution >= 4 is 27.6 Å². The van der Waals surface area contributed by atoms with Gasteiger partial charge in [-0.1, -0.05) is 13.3 Å². The zero-order chi connectivity index (χ0) is 21.3. The van der Waals surface area contributed by atoms with Gasteiger partial charge in [0.2, 0.25) is 0 Å². The predicted molar refractivity (Wildman–Crippen MR) is 114 cm³/mol. The van der Waals surface area contributed by atoms with Gasteiger partial charge in [-0.05, 0) is 52.5 Å². The molecule has 1 aliphatic rings. The molecule has 1 aliphatic carbocycles. The summed E-state index contributed by atoms with van der Waals surface area (Å²) in [5.41, 5.74) is 5.26. The number of carbonyl (C=O) groups excluding carboxylic acids is 1. The summed E-state index contributed by atoms with van der Waals surface area (Å²) in [5.74, 6) is 0. The van der Waals surface area contributed by atoms with Gasteiger partial charge in [0.15, 0.2) is 0 Å². The van der Waals surface area contributed by atoms with Crippen LogP contribution in [0.15, 0.2) is 9.59 Å². The molecule has 2 aromatic rings. The summed E-state index contributed by atoms with van der Waals surface area (Å²) in [6.45, 7) is 10.3. The van der Waals surface area contributed by atoms with E-state index in [4.69, 9.17) is 4.74 Å². The van der Waals surface area contributed by atoms with Gasteiger partial charge in [0.1, 0.15) is 10.4 Å². The Morgan fingerprint density at radius 1 is 1.28 bits per heavy atom. The number of nitrogens with zero attached hydrogens (tertiary/aromatic N) is 2. The number of hydrazine groups is 1. The van der Waals surface area contributed by atoms with Gasteiger partial charge in [-0.15, -0.1) is 11.3 Å². The number of hydrogen-bond donors (Lipinski definition) is 2. The molecule has 9 heteroatoms. The lowest BCUT2D eigenvalue weighted by atomic mass is 10.2. The molecular formula is C20H30N4O4S. The summed E-state index contributed by atoms with van der Waals surface area (Å²) >= 11 is 1.43. The average Bonchev–Trinajstić information content (AvgIpc) is 3.38. The Bertz CT molecular complexity index is 1020. The van der Waals surface area contributed by atoms with Crippen molar-refractivity contribution in [2.75, 3.05) is 0 Å². The highest BCUT2D eigenvalue weighted by Gasteiger charge is 2.30. The van der Waals surface area contributed by atoms with Crippen LogP contribution in [0.3, 0.4) is 0 Å². The summed E-state index contributed by atoms with van der Waals surface area (Å²) in [4.78, 5) is 39.5. The van der Waals surface area contributed by atoms with Gasteiger partial charge in [-0.2, -0.15) is 0 Å². The average molecular weight is 423 g/mol. The van der Waals surface area contributed by atoms with Gasteiger partial charge in [0.25, 0.3) is 5.56 Å². The van der Waals surface area contributed by atoms with Gasteiger partial charge >= 0.3 is 11.8 Å². The van der Waals surface area contributed by atoms with E-state index < -0.39 is 11.7 Å². The third-order valence-electron chi connectivity index (χ3n) is 4.83. The maximum Gasteiger partial charge on any atom is 0.422 e. The minimum atomic E-state index is -0.581. The Kier molecular flexibility index (Phi) is 6.19. The van der Waals surface area contributed by atoms with Gasteiger partial charge < -0.3 is 4.74 Å². The molecule has 0 radical (unpaired) electrons. The highest BCUT2D eigenvalue weighted by Crippen LogP contribution is 2.34. The first-order chi connectivity index (χ1) is 13.6. The monoisotopic (exact) mass is 422 g/mol. The molecule has 0 spiro atoms. The number of aromatic nitrogens is 2. The molecule has 2 N–H and O–H groups in total. The number of carbonyl (C=O) groups is 1. The Morgan fingerprint density at radius 3 is 2.55 bits per heavy atom. The summed E-state index contributed by atoms with van der Waals surface area (Å²) in [6.07, 6.45) is 3.04. The van der Waals surface area contributed by atoms with E-state index in [0.717, 1.165) is 41.0 Å². The Labute approximate surface area is 173 Å². The second-order valence-corrected chi connectivity index (χ2v) is 9.59. The molecule has 0 unspecified atom stereocenters. The van der Waals surface area contributed by atoms with Crippen LogP contribution in [0.4, 0.5) is 4.79 Å².